The van der Waals surface area contributed by atoms with Gasteiger partial charge in [-0.3, -0.25) is 14.7 Å². The maximum Gasteiger partial charge on any atom is 0.433 e. The fourth-order valence-electron chi connectivity index (χ4n) is 3.51. The Hall–Kier alpha value is -3.47. The van der Waals surface area contributed by atoms with Crippen molar-refractivity contribution >= 4 is 17.6 Å². The summed E-state index contributed by atoms with van der Waals surface area (Å²) < 4.78 is 44.9. The molecule has 0 bridgehead atoms. The first-order chi connectivity index (χ1) is 14.8. The van der Waals surface area contributed by atoms with Gasteiger partial charge >= 0.3 is 6.18 Å². The molecule has 4 rings (SSSR count). The van der Waals surface area contributed by atoms with E-state index in [-0.39, 0.29) is 17.6 Å². The number of nitrogens with one attached hydrogen (secondary N) is 1. The van der Waals surface area contributed by atoms with Gasteiger partial charge in [-0.25, -0.2) is 0 Å². The van der Waals surface area contributed by atoms with Crippen LogP contribution in [0.15, 0.2) is 53.3 Å². The number of carbonyl (C=O) groups excluding carboxylic acids is 1. The van der Waals surface area contributed by atoms with Gasteiger partial charge in [-0.1, -0.05) is 28.9 Å². The standard InChI is InChI=1S/C20H19F3N6O2/c1-28-9-7-13-4-2-3-5-15(13)16(28)11-29-12-18(31-27-29)26-19(30)25-14-6-8-24-17(10-14)20(21,22)23/h2-6,8,10,12,16H,7,9,11H2,1H3,(H-,24,25,26,27,30)/t16-/m0/s1. The van der Waals surface area contributed by atoms with Crippen molar-refractivity contribution in [2.45, 2.75) is 25.2 Å². The van der Waals surface area contributed by atoms with Gasteiger partial charge in [0, 0.05) is 12.7 Å². The molecule has 11 heteroatoms. The largest absolute Gasteiger partial charge is 0.433 e. The lowest BCUT2D eigenvalue weighted by Crippen LogP contribution is -2.45. The number of carbonyl (C=O) groups is 1. The minimum atomic E-state index is -4.61. The van der Waals surface area contributed by atoms with Gasteiger partial charge in [0.1, 0.15) is 5.69 Å². The summed E-state index contributed by atoms with van der Waals surface area (Å²) in [6.45, 7) is 1.40. The highest BCUT2D eigenvalue weighted by atomic mass is 19.4. The summed E-state index contributed by atoms with van der Waals surface area (Å²) in [5.41, 5.74) is 1.30. The highest BCUT2D eigenvalue weighted by molar-refractivity contribution is 6.03. The number of anilines is 1. The molecule has 0 fully saturated rings. The van der Waals surface area contributed by atoms with Crippen LogP contribution >= 0.6 is 0 Å². The Morgan fingerprint density at radius 2 is 2.16 bits per heavy atom. The molecule has 3 heterocycles. The van der Waals surface area contributed by atoms with E-state index in [1.165, 1.54) is 23.4 Å². The number of likely N-dealkylation sites (N-methyl/N-ethyl adjacent to an activating group) is 1. The number of halogens is 3. The normalized spacial score (nSPS) is 16.6. The van der Waals surface area contributed by atoms with Crippen LogP contribution in [0, 0.1) is 0 Å². The molecule has 0 radical (unpaired) electrons. The summed E-state index contributed by atoms with van der Waals surface area (Å²) in [7, 11) is 2.03. The number of fused-ring (bicyclic) bond motifs is 1. The molecule has 2 amide bonds. The monoisotopic (exact) mass is 432 g/mol. The van der Waals surface area contributed by atoms with Crippen LogP contribution in [0.2, 0.25) is 0 Å². The number of alkyl halides is 3. The first-order valence-corrected chi connectivity index (χ1v) is 9.50. The van der Waals surface area contributed by atoms with E-state index in [1.807, 2.05) is 19.2 Å². The van der Waals surface area contributed by atoms with E-state index in [0.29, 0.717) is 6.54 Å². The number of aromatic nitrogens is 3. The Labute approximate surface area is 175 Å². The third-order valence-electron chi connectivity index (χ3n) is 5.05. The third kappa shape index (κ3) is 4.82. The van der Waals surface area contributed by atoms with Gasteiger partial charge in [0.2, 0.25) is 12.1 Å². The molecule has 162 valence electrons. The van der Waals surface area contributed by atoms with E-state index < -0.39 is 17.9 Å². The zero-order valence-electron chi connectivity index (χ0n) is 16.5. The van der Waals surface area contributed by atoms with Crippen molar-refractivity contribution in [3.05, 3.63) is 70.9 Å². The average Bonchev–Trinajstić information content (AvgIpc) is 3.16. The molecule has 0 aliphatic carbocycles. The molecule has 0 saturated carbocycles. The lowest BCUT2D eigenvalue weighted by atomic mass is 9.93. The van der Waals surface area contributed by atoms with Crippen molar-refractivity contribution in [1.29, 1.82) is 0 Å². The molecule has 1 aromatic carbocycles. The number of rotatable bonds is 4. The summed E-state index contributed by atoms with van der Waals surface area (Å²) in [4.78, 5) is 17.5. The van der Waals surface area contributed by atoms with Crippen LogP contribution in [-0.2, 0) is 19.1 Å². The third-order valence-corrected chi connectivity index (χ3v) is 5.05. The Morgan fingerprint density at radius 1 is 1.35 bits per heavy atom. The zero-order chi connectivity index (χ0) is 22.0. The van der Waals surface area contributed by atoms with E-state index in [1.54, 1.807) is 4.68 Å². The molecular weight excluding hydrogens is 413 g/mol. The lowest BCUT2D eigenvalue weighted by molar-refractivity contribution is -0.766. The number of hydrogen-bond donors (Lipinski definition) is 1. The zero-order valence-corrected chi connectivity index (χ0v) is 16.5. The number of urea groups is 1. The summed E-state index contributed by atoms with van der Waals surface area (Å²) in [5, 5.41) is 9.88. The first-order valence-electron chi connectivity index (χ1n) is 9.50. The molecule has 3 aromatic rings. The molecule has 1 atom stereocenters. The molecule has 2 aromatic heterocycles. The Kier molecular flexibility index (Phi) is 5.59. The highest BCUT2D eigenvalue weighted by Gasteiger charge is 2.32. The minimum absolute atomic E-state index is 0.0608. The maximum atomic E-state index is 12.7. The summed E-state index contributed by atoms with van der Waals surface area (Å²) in [5.74, 6) is -0.0608. The fraction of sp³-hybridized carbons (Fsp3) is 0.300. The predicted octanol–water partition coefficient (Wildman–Crippen LogP) is 3.84. The van der Waals surface area contributed by atoms with Crippen molar-refractivity contribution < 1.29 is 27.2 Å². The van der Waals surface area contributed by atoms with E-state index in [9.17, 15) is 18.0 Å². The molecule has 8 nitrogen and oxygen atoms in total. The van der Waals surface area contributed by atoms with Crippen molar-refractivity contribution in [2.24, 2.45) is 0 Å². The van der Waals surface area contributed by atoms with Crippen molar-refractivity contribution in [2.75, 3.05) is 18.9 Å². The van der Waals surface area contributed by atoms with Crippen LogP contribution in [0.5, 0.6) is 0 Å². The smallest absolute Gasteiger partial charge is 0.424 e. The van der Waals surface area contributed by atoms with Gasteiger partial charge in [-0.05, 0) is 42.4 Å². The van der Waals surface area contributed by atoms with Crippen molar-refractivity contribution in [3.8, 4) is 0 Å². The molecular formula is C20H19F3N6O2. The molecule has 1 N–H and O–H groups in total. The quantitative estimate of drug-likeness (QED) is 0.633. The first kappa shape index (κ1) is 20.8. The highest BCUT2D eigenvalue weighted by Crippen LogP contribution is 2.30. The van der Waals surface area contributed by atoms with Gasteiger partial charge < -0.3 is 15.2 Å². The summed E-state index contributed by atoms with van der Waals surface area (Å²) >= 11 is 0. The van der Waals surface area contributed by atoms with E-state index in [2.05, 4.69) is 37.9 Å². The van der Waals surface area contributed by atoms with Crippen molar-refractivity contribution in [1.82, 2.24) is 15.2 Å². The molecule has 31 heavy (non-hydrogen) atoms. The molecule has 0 unspecified atom stereocenters. The minimum Gasteiger partial charge on any atom is -0.424 e. The summed E-state index contributed by atoms with van der Waals surface area (Å²) in [6.07, 6.45) is -1.21. The van der Waals surface area contributed by atoms with Crippen LogP contribution in [0.25, 0.3) is 5.32 Å². The molecule has 0 saturated heterocycles. The Balaban J connectivity index is 1.40. The van der Waals surface area contributed by atoms with Crippen molar-refractivity contribution in [3.63, 3.8) is 0 Å². The topological polar surface area (TPSA) is 89.2 Å². The maximum absolute atomic E-state index is 12.7. The molecule has 1 aliphatic heterocycles. The van der Waals surface area contributed by atoms with Crippen LogP contribution in [0.3, 0.4) is 0 Å². The Bertz CT molecular complexity index is 1080. The average molecular weight is 432 g/mol. The second-order valence-corrected chi connectivity index (χ2v) is 7.18. The lowest BCUT2D eigenvalue weighted by Gasteiger charge is -2.31. The number of hydrogen-bond acceptors (Lipinski definition) is 5. The fourth-order valence-corrected chi connectivity index (χ4v) is 3.51. The number of nitrogens with zero attached hydrogens (tertiary/aromatic N) is 5. The van der Waals surface area contributed by atoms with E-state index in [4.69, 9.17) is 4.52 Å². The van der Waals surface area contributed by atoms with Crippen LogP contribution in [0.4, 0.5) is 29.5 Å². The number of amides is 2. The van der Waals surface area contributed by atoms with Gasteiger partial charge in [0.15, 0.2) is 17.8 Å². The SMILES string of the molecule is CN1CCc2ccccc2[C@@H]1C[n+]1cc([N-]C(=O)Nc2ccnc(C(F)(F)F)c2)on1. The van der Waals surface area contributed by atoms with Crippen LogP contribution in [-0.4, -0.2) is 34.8 Å². The number of benzene rings is 1. The van der Waals surface area contributed by atoms with Gasteiger partial charge in [0.25, 0.3) is 0 Å². The van der Waals surface area contributed by atoms with Gasteiger partial charge in [-0.2, -0.15) is 13.2 Å². The predicted molar refractivity (Wildman–Crippen MR) is 103 cm³/mol. The Morgan fingerprint density at radius 3 is 2.97 bits per heavy atom. The summed E-state index contributed by atoms with van der Waals surface area (Å²) in [6, 6.07) is 9.36. The van der Waals surface area contributed by atoms with E-state index in [0.717, 1.165) is 25.2 Å². The molecule has 1 aliphatic rings. The second-order valence-electron chi connectivity index (χ2n) is 7.18. The van der Waals surface area contributed by atoms with Crippen LogP contribution in [0.1, 0.15) is 22.9 Å². The van der Waals surface area contributed by atoms with Gasteiger partial charge in [-0.15, -0.1) is 0 Å². The van der Waals surface area contributed by atoms with Gasteiger partial charge in [0.05, 0.1) is 6.04 Å². The number of pyridine rings is 1. The van der Waals surface area contributed by atoms with E-state index >= 15 is 0 Å². The van der Waals surface area contributed by atoms with Crippen LogP contribution < -0.4 is 10.00 Å². The molecule has 0 spiro atoms. The second kappa shape index (κ2) is 8.34.